The molecule has 0 aromatic rings. The molecule has 12 heteroatoms. The Morgan fingerprint density at radius 2 is 1.73 bits per heavy atom. The maximum Gasteiger partial charge on any atom is 0.605 e. The highest BCUT2D eigenvalue weighted by Gasteiger charge is 3.05. The van der Waals surface area contributed by atoms with Crippen molar-refractivity contribution in [3.05, 3.63) is 11.3 Å². The molecular weight excluding hydrogens is 272 g/mol. The molecule has 5 bridgehead atoms. The Kier molecular flexibility index (Phi) is 0.694. The van der Waals surface area contributed by atoms with Gasteiger partial charge in [0.05, 0.1) is 5.41 Å². The van der Waals surface area contributed by atoms with Crippen LogP contribution in [0.4, 0.5) is 0 Å². The van der Waals surface area contributed by atoms with E-state index in [-0.39, 0.29) is 11.1 Å². The van der Waals surface area contributed by atoms with Gasteiger partial charge in [-0.05, 0) is 0 Å². The Morgan fingerprint density at radius 3 is 2.33 bits per heavy atom. The molecule has 9 nitrogen and oxygen atoms in total. The monoisotopic (exact) mass is 273 g/mol. The van der Waals surface area contributed by atoms with Crippen molar-refractivity contribution in [2.75, 3.05) is 0 Å². The molecule has 0 radical (unpaired) electrons. The zero-order valence-corrected chi connectivity index (χ0v) is 9.20. The number of nitrogens with zero attached hydrogens (tertiary/aromatic N) is 1. The van der Waals surface area contributed by atoms with Crippen LogP contribution in [0.25, 0.3) is 0 Å². The van der Waals surface area contributed by atoms with Crippen molar-refractivity contribution in [1.82, 2.24) is 0 Å². The van der Waals surface area contributed by atoms with E-state index in [9.17, 15) is 9.13 Å². The van der Waals surface area contributed by atoms with Gasteiger partial charge in [0, 0.05) is 0 Å². The third kappa shape index (κ3) is 0.473. The predicted molar refractivity (Wildman–Crippen MR) is 44.8 cm³/mol. The molecule has 0 aromatic carbocycles. The second-order valence-electron chi connectivity index (χ2n) is 3.45. The number of rotatable bonds is 0. The molecule has 0 amide bonds. The quantitative estimate of drug-likeness (QED) is 0.618. The lowest BCUT2D eigenvalue weighted by Gasteiger charge is -2.80. The van der Waals surface area contributed by atoms with Crippen molar-refractivity contribution in [2.24, 2.45) is 4.99 Å². The van der Waals surface area contributed by atoms with Crippen LogP contribution in [0.15, 0.2) is 16.3 Å². The topological polar surface area (TPSA) is 102 Å². The van der Waals surface area contributed by atoms with Gasteiger partial charge in [0.15, 0.2) is 9.42 Å². The molecule has 1 unspecified atom stereocenters. The highest BCUT2D eigenvalue weighted by atomic mass is 32.4. The van der Waals surface area contributed by atoms with Crippen LogP contribution in [0.3, 0.4) is 0 Å². The van der Waals surface area contributed by atoms with Crippen molar-refractivity contribution in [1.29, 1.82) is 0 Å². The van der Waals surface area contributed by atoms with E-state index in [0.717, 1.165) is 0 Å². The molecule has 7 aliphatic heterocycles. The highest BCUT2D eigenvalue weighted by molar-refractivity contribution is 8.73. The molecule has 4 fully saturated rings. The van der Waals surface area contributed by atoms with Gasteiger partial charge in [0.25, 0.3) is 0 Å². The summed E-state index contributed by atoms with van der Waals surface area (Å²) in [5.41, 5.74) is 0. The van der Waals surface area contributed by atoms with Crippen LogP contribution in [0.1, 0.15) is 0 Å². The summed E-state index contributed by atoms with van der Waals surface area (Å²) in [6, 6.07) is 0. The third-order valence-corrected chi connectivity index (χ3v) is 13.4. The van der Waals surface area contributed by atoms with Gasteiger partial charge in [-0.3, -0.25) is 0 Å². The van der Waals surface area contributed by atoms with Gasteiger partial charge in [-0.1, -0.05) is 0 Å². The molecule has 0 aliphatic carbocycles. The molecule has 82 valence electrons. The Morgan fingerprint density at radius 1 is 1.07 bits per heavy atom. The minimum absolute atomic E-state index is 0.0153. The summed E-state index contributed by atoms with van der Waals surface area (Å²) < 4.78 is 52.8. The largest absolute Gasteiger partial charge is 0.605 e. The standard InChI is InChI=1S/C3HNO8P2S/c5-13-7-2-1-15(9-13,3(4-2)8-13)10-14(6,11-15)12-15/h1H. The van der Waals surface area contributed by atoms with E-state index in [1.54, 1.807) is 0 Å². The van der Waals surface area contributed by atoms with E-state index in [1.807, 2.05) is 0 Å². The first-order chi connectivity index (χ1) is 6.84. The smallest absolute Gasteiger partial charge is 0.375 e. The van der Waals surface area contributed by atoms with Gasteiger partial charge in [-0.25, -0.2) is 9.13 Å². The van der Waals surface area contributed by atoms with Crippen molar-refractivity contribution >= 4 is 30.3 Å². The molecule has 7 aliphatic rings. The summed E-state index contributed by atoms with van der Waals surface area (Å²) in [6.45, 7) is 0. The minimum Gasteiger partial charge on any atom is -0.375 e. The minimum atomic E-state index is -4.61. The van der Waals surface area contributed by atoms with Gasteiger partial charge < -0.3 is 9.05 Å². The lowest BCUT2D eigenvalue weighted by atomic mass is 10.9. The zero-order valence-electron chi connectivity index (χ0n) is 6.59. The normalized spacial score (nSPS) is 60.5. The van der Waals surface area contributed by atoms with Crippen LogP contribution >= 0.6 is 25.1 Å². The molecule has 4 saturated heterocycles. The van der Waals surface area contributed by atoms with Gasteiger partial charge in [-0.15, -0.1) is 0 Å². The van der Waals surface area contributed by atoms with E-state index in [1.165, 1.54) is 5.41 Å². The summed E-state index contributed by atoms with van der Waals surface area (Å²) in [5.74, 6) is -0.0153. The fourth-order valence-electron chi connectivity index (χ4n) is 2.00. The van der Waals surface area contributed by atoms with Crippen molar-refractivity contribution < 1.29 is 34.1 Å². The zero-order chi connectivity index (χ0) is 10.2. The molecule has 0 aromatic heterocycles. The molecule has 1 atom stereocenters. The van der Waals surface area contributed by atoms with E-state index in [4.69, 9.17) is 24.9 Å². The summed E-state index contributed by atoms with van der Waals surface area (Å²) in [7, 11) is -12.0. The summed E-state index contributed by atoms with van der Waals surface area (Å²) >= 11 is 0. The van der Waals surface area contributed by atoms with Crippen LogP contribution in [0, 0.1) is 0 Å². The maximum atomic E-state index is 11.7. The van der Waals surface area contributed by atoms with Gasteiger partial charge >= 0.3 is 20.9 Å². The SMILES string of the molecule is O=P12OC3=CS45(O1)(OP(=O)(O4)O5)C(=N3)O2. The Bertz CT molecular complexity index is 631. The number of hydrogen-bond acceptors (Lipinski definition) is 9. The van der Waals surface area contributed by atoms with Crippen LogP contribution in [0.2, 0.25) is 0 Å². The van der Waals surface area contributed by atoms with Crippen LogP contribution in [-0.4, -0.2) is 5.23 Å². The lowest BCUT2D eigenvalue weighted by Crippen LogP contribution is -2.59. The summed E-state index contributed by atoms with van der Waals surface area (Å²) in [4.78, 5) is 3.76. The van der Waals surface area contributed by atoms with E-state index in [2.05, 4.69) is 4.99 Å². The first-order valence-corrected chi connectivity index (χ1v) is 8.85. The summed E-state index contributed by atoms with van der Waals surface area (Å²) in [5, 5.41) is 0.954. The average Bonchev–Trinajstić information content (AvgIpc) is 2.23. The summed E-state index contributed by atoms with van der Waals surface area (Å²) in [6.07, 6.45) is 0. The van der Waals surface area contributed by atoms with Crippen LogP contribution in [0.5, 0.6) is 0 Å². The third-order valence-electron chi connectivity index (χ3n) is 2.39. The fraction of sp³-hybridized carbons (Fsp3) is 0. The first kappa shape index (κ1) is 7.86. The molecule has 0 N–H and O–H groups in total. The second-order valence-corrected chi connectivity index (χ2v) is 11.1. The van der Waals surface area contributed by atoms with Crippen molar-refractivity contribution in [2.45, 2.75) is 0 Å². The van der Waals surface area contributed by atoms with Crippen molar-refractivity contribution in [3.63, 3.8) is 0 Å². The Balaban J connectivity index is 1.98. The second kappa shape index (κ2) is 1.32. The van der Waals surface area contributed by atoms with Crippen LogP contribution < -0.4 is 0 Å². The molecule has 7 heterocycles. The Hall–Kier alpha value is -0.340. The number of aliphatic imine (C=N–C) groups is 1. The fourth-order valence-corrected chi connectivity index (χ4v) is 14.4. The number of hydrogen-bond donors (Lipinski definition) is 0. The predicted octanol–water partition coefficient (Wildman–Crippen LogP) is 2.06. The highest BCUT2D eigenvalue weighted by Crippen LogP contribution is 3.28. The molecule has 7 rings (SSSR count). The van der Waals surface area contributed by atoms with E-state index >= 15 is 0 Å². The molecule has 1 spiro atoms. The van der Waals surface area contributed by atoms with Crippen LogP contribution in [-0.2, 0) is 34.1 Å². The van der Waals surface area contributed by atoms with Crippen molar-refractivity contribution in [3.8, 4) is 0 Å². The lowest BCUT2D eigenvalue weighted by molar-refractivity contribution is 0.0679. The molecule has 0 saturated carbocycles. The van der Waals surface area contributed by atoms with Gasteiger partial charge in [-0.2, -0.15) is 20.9 Å². The number of phosphoric ester groups is 1. The number of phosphoric acid groups is 2. The average molecular weight is 273 g/mol. The molecular formula is C3HNO8P2S. The molecule has 15 heavy (non-hydrogen) atoms. The van der Waals surface area contributed by atoms with E-state index in [0.29, 0.717) is 0 Å². The maximum absolute atomic E-state index is 11.7. The first-order valence-electron chi connectivity index (χ1n) is 3.71. The Labute approximate surface area is 81.3 Å². The van der Waals surface area contributed by atoms with Gasteiger partial charge in [0.2, 0.25) is 5.88 Å². The van der Waals surface area contributed by atoms with E-state index < -0.39 is 25.1 Å². The van der Waals surface area contributed by atoms with Gasteiger partial charge in [0.1, 0.15) is 0 Å².